The Morgan fingerprint density at radius 2 is 1.69 bits per heavy atom. The van der Waals surface area contributed by atoms with Crippen LogP contribution in [0, 0.1) is 5.41 Å². The quantitative estimate of drug-likeness (QED) is 0.781. The highest BCUT2D eigenvalue weighted by molar-refractivity contribution is 5.81. The third-order valence-corrected chi connectivity index (χ3v) is 3.61. The molecule has 0 aromatic carbocycles. The van der Waals surface area contributed by atoms with Crippen LogP contribution in [-0.2, 0) is 4.79 Å². The van der Waals surface area contributed by atoms with Crippen molar-refractivity contribution in [3.63, 3.8) is 0 Å². The molecule has 1 aliphatic carbocycles. The molecular weight excluding hydrogens is 200 g/mol. The second-order valence-electron chi connectivity index (χ2n) is 5.96. The summed E-state index contributed by atoms with van der Waals surface area (Å²) in [6.07, 6.45) is 4.62. The van der Waals surface area contributed by atoms with E-state index in [0.717, 1.165) is 12.8 Å². The van der Waals surface area contributed by atoms with Gasteiger partial charge in [0.25, 0.3) is 0 Å². The summed E-state index contributed by atoms with van der Waals surface area (Å²) in [6, 6.07) is 1.09. The lowest BCUT2D eigenvalue weighted by molar-refractivity contribution is -0.140. The van der Waals surface area contributed by atoms with Crippen LogP contribution < -0.4 is 5.32 Å². The van der Waals surface area contributed by atoms with Crippen LogP contribution in [0.15, 0.2) is 0 Å². The third-order valence-electron chi connectivity index (χ3n) is 3.61. The highest BCUT2D eigenvalue weighted by atomic mass is 16.2. The molecule has 16 heavy (non-hydrogen) atoms. The first kappa shape index (κ1) is 13.5. The average Bonchev–Trinajstić information content (AvgIpc) is 2.26. The van der Waals surface area contributed by atoms with Crippen molar-refractivity contribution in [3.8, 4) is 0 Å². The Morgan fingerprint density at radius 1 is 1.19 bits per heavy atom. The molecule has 94 valence electrons. The topological polar surface area (TPSA) is 32.3 Å². The maximum absolute atomic E-state index is 12.1. The highest BCUT2D eigenvalue weighted by Gasteiger charge is 2.31. The van der Waals surface area contributed by atoms with Gasteiger partial charge in [0.1, 0.15) is 0 Å². The minimum atomic E-state index is -0.255. The van der Waals surface area contributed by atoms with E-state index in [1.54, 1.807) is 0 Å². The molecular formula is C13H26N2O. The van der Waals surface area contributed by atoms with Crippen LogP contribution in [0.5, 0.6) is 0 Å². The van der Waals surface area contributed by atoms with E-state index in [-0.39, 0.29) is 11.3 Å². The summed E-state index contributed by atoms with van der Waals surface area (Å²) >= 11 is 0. The van der Waals surface area contributed by atoms with E-state index in [1.165, 1.54) is 12.8 Å². The number of rotatable bonds is 2. The maximum Gasteiger partial charge on any atom is 0.227 e. The number of amides is 1. The van der Waals surface area contributed by atoms with Crippen molar-refractivity contribution in [2.75, 3.05) is 14.1 Å². The first-order chi connectivity index (χ1) is 7.36. The van der Waals surface area contributed by atoms with Crippen molar-refractivity contribution in [1.29, 1.82) is 0 Å². The van der Waals surface area contributed by atoms with E-state index < -0.39 is 0 Å². The van der Waals surface area contributed by atoms with Crippen LogP contribution in [0.3, 0.4) is 0 Å². The second kappa shape index (κ2) is 5.17. The number of carbonyl (C=O) groups excluding carboxylic acids is 1. The molecule has 3 nitrogen and oxygen atoms in total. The van der Waals surface area contributed by atoms with Crippen molar-refractivity contribution in [3.05, 3.63) is 0 Å². The van der Waals surface area contributed by atoms with Gasteiger partial charge in [-0.2, -0.15) is 0 Å². The minimum Gasteiger partial charge on any atom is -0.342 e. The molecule has 0 atom stereocenters. The number of nitrogens with one attached hydrogen (secondary N) is 1. The van der Waals surface area contributed by atoms with Crippen molar-refractivity contribution >= 4 is 5.91 Å². The lowest BCUT2D eigenvalue weighted by atomic mass is 9.88. The van der Waals surface area contributed by atoms with Crippen molar-refractivity contribution < 1.29 is 4.79 Å². The first-order valence-electron chi connectivity index (χ1n) is 6.30. The molecule has 0 bridgehead atoms. The molecule has 0 spiro atoms. The van der Waals surface area contributed by atoms with Gasteiger partial charge in [-0.05, 0) is 32.7 Å². The van der Waals surface area contributed by atoms with E-state index in [4.69, 9.17) is 0 Å². The van der Waals surface area contributed by atoms with Gasteiger partial charge in [-0.25, -0.2) is 0 Å². The number of hydrogen-bond acceptors (Lipinski definition) is 2. The van der Waals surface area contributed by atoms with Crippen LogP contribution in [-0.4, -0.2) is 37.0 Å². The largest absolute Gasteiger partial charge is 0.342 e. The molecule has 0 saturated heterocycles. The van der Waals surface area contributed by atoms with E-state index in [9.17, 15) is 4.79 Å². The smallest absolute Gasteiger partial charge is 0.227 e. The zero-order valence-corrected chi connectivity index (χ0v) is 11.3. The van der Waals surface area contributed by atoms with Gasteiger partial charge in [-0.3, -0.25) is 4.79 Å². The Bertz CT molecular complexity index is 237. The first-order valence-corrected chi connectivity index (χ1v) is 6.30. The summed E-state index contributed by atoms with van der Waals surface area (Å²) in [5.74, 6) is 0.264. The highest BCUT2D eigenvalue weighted by Crippen LogP contribution is 2.26. The van der Waals surface area contributed by atoms with Crippen molar-refractivity contribution in [2.24, 2.45) is 5.41 Å². The van der Waals surface area contributed by atoms with E-state index in [2.05, 4.69) is 5.32 Å². The van der Waals surface area contributed by atoms with Gasteiger partial charge in [0, 0.05) is 24.5 Å². The normalized spacial score (nSPS) is 26.6. The zero-order valence-electron chi connectivity index (χ0n) is 11.3. The fourth-order valence-corrected chi connectivity index (χ4v) is 2.45. The fraction of sp³-hybridized carbons (Fsp3) is 0.923. The molecule has 1 aliphatic rings. The van der Waals surface area contributed by atoms with Gasteiger partial charge in [0.2, 0.25) is 5.91 Å². The molecule has 0 aromatic heterocycles. The Balaban J connectivity index is 2.50. The van der Waals surface area contributed by atoms with Gasteiger partial charge in [-0.15, -0.1) is 0 Å². The second-order valence-corrected chi connectivity index (χ2v) is 5.96. The van der Waals surface area contributed by atoms with Gasteiger partial charge in [0.05, 0.1) is 0 Å². The molecule has 0 unspecified atom stereocenters. The number of nitrogens with zero attached hydrogens (tertiary/aromatic N) is 1. The van der Waals surface area contributed by atoms with E-state index in [0.29, 0.717) is 12.1 Å². The average molecular weight is 226 g/mol. The molecule has 1 N–H and O–H groups in total. The summed E-state index contributed by atoms with van der Waals surface area (Å²) in [4.78, 5) is 14.1. The standard InChI is InChI=1S/C13H26N2O/c1-13(2,3)12(16)15(5)11-8-6-10(14-4)7-9-11/h10-11,14H,6-9H2,1-5H3. The Hall–Kier alpha value is -0.570. The Morgan fingerprint density at radius 3 is 2.06 bits per heavy atom. The predicted molar refractivity (Wildman–Crippen MR) is 67.3 cm³/mol. The molecule has 0 radical (unpaired) electrons. The van der Waals surface area contributed by atoms with Crippen LogP contribution in [0.25, 0.3) is 0 Å². The van der Waals surface area contributed by atoms with Crippen LogP contribution in [0.4, 0.5) is 0 Å². The number of carbonyl (C=O) groups is 1. The fourth-order valence-electron chi connectivity index (χ4n) is 2.45. The molecule has 0 heterocycles. The van der Waals surface area contributed by atoms with Gasteiger partial charge >= 0.3 is 0 Å². The Kier molecular flexibility index (Phi) is 4.36. The van der Waals surface area contributed by atoms with E-state index in [1.807, 2.05) is 39.8 Å². The summed E-state index contributed by atoms with van der Waals surface area (Å²) < 4.78 is 0. The van der Waals surface area contributed by atoms with Crippen molar-refractivity contribution in [1.82, 2.24) is 10.2 Å². The summed E-state index contributed by atoms with van der Waals surface area (Å²) in [5, 5.41) is 3.32. The summed E-state index contributed by atoms with van der Waals surface area (Å²) in [7, 11) is 3.98. The van der Waals surface area contributed by atoms with Crippen LogP contribution in [0.2, 0.25) is 0 Å². The summed E-state index contributed by atoms with van der Waals surface area (Å²) in [5.41, 5.74) is -0.255. The lowest BCUT2D eigenvalue weighted by Crippen LogP contribution is -2.46. The van der Waals surface area contributed by atoms with Crippen molar-refractivity contribution in [2.45, 2.75) is 58.5 Å². The third kappa shape index (κ3) is 3.21. The molecule has 1 saturated carbocycles. The minimum absolute atomic E-state index is 0.255. The zero-order chi connectivity index (χ0) is 12.3. The lowest BCUT2D eigenvalue weighted by Gasteiger charge is -2.37. The molecule has 1 rings (SSSR count). The van der Waals surface area contributed by atoms with Crippen LogP contribution in [0.1, 0.15) is 46.5 Å². The summed E-state index contributed by atoms with van der Waals surface area (Å²) in [6.45, 7) is 5.97. The van der Waals surface area contributed by atoms with Crippen LogP contribution >= 0.6 is 0 Å². The monoisotopic (exact) mass is 226 g/mol. The van der Waals surface area contributed by atoms with Gasteiger partial charge < -0.3 is 10.2 Å². The molecule has 3 heteroatoms. The maximum atomic E-state index is 12.1. The van der Waals surface area contributed by atoms with E-state index >= 15 is 0 Å². The van der Waals surface area contributed by atoms with Gasteiger partial charge in [0.15, 0.2) is 0 Å². The Labute approximate surface area is 99.6 Å². The number of hydrogen-bond donors (Lipinski definition) is 1. The van der Waals surface area contributed by atoms with Gasteiger partial charge in [-0.1, -0.05) is 20.8 Å². The molecule has 1 fully saturated rings. The molecule has 1 amide bonds. The SMILES string of the molecule is CNC1CCC(N(C)C(=O)C(C)(C)C)CC1. The predicted octanol–water partition coefficient (Wildman–Crippen LogP) is 2.02. The molecule has 0 aromatic rings. The molecule has 0 aliphatic heterocycles.